The van der Waals surface area contributed by atoms with E-state index in [1.54, 1.807) is 0 Å². The van der Waals surface area contributed by atoms with Crippen LogP contribution in [0.15, 0.2) is 385 Å². The Labute approximate surface area is 664 Å². The molecule has 0 heterocycles. The molecule has 0 saturated heterocycles. The van der Waals surface area contributed by atoms with E-state index in [1.807, 2.05) is 0 Å². The van der Waals surface area contributed by atoms with Crippen molar-refractivity contribution in [3.8, 4) is 134 Å². The molecule has 1 unspecified atom stereocenters. The summed E-state index contributed by atoms with van der Waals surface area (Å²) in [6.07, 6.45) is 0. The van der Waals surface area contributed by atoms with Crippen LogP contribution in [0.3, 0.4) is 0 Å². The zero-order chi connectivity index (χ0) is 71.1. The van der Waals surface area contributed by atoms with Crippen LogP contribution in [-0.4, -0.2) is 8.07 Å². The fraction of sp³-hybridized carbons (Fsp3) is 0.0784. The number of hydrogen-bond donors (Lipinski definition) is 0. The first-order chi connectivity index (χ1) is 51.0. The van der Waals surface area contributed by atoms with Gasteiger partial charge in [0.1, 0.15) is 0 Å². The van der Waals surface area contributed by atoms with Gasteiger partial charge in [0.05, 0.1) is 0 Å². The quantitative estimate of drug-likeness (QED) is 0.0668. The van der Waals surface area contributed by atoms with E-state index in [0.29, 0.717) is 0 Å². The molecule has 0 nitrogen and oxygen atoms in total. The molecule has 107 heavy (non-hydrogen) atoms. The average molecular weight is 1490 g/mol. The van der Waals surface area contributed by atoms with E-state index in [4.69, 9.17) is 0 Å². The Balaban J connectivity index is 0.00000337. The molecule has 15 aromatic carbocycles. The Morgan fingerprint density at radius 1 is 0.196 bits per heavy atom. The minimum Gasteiger partial charge on any atom is -1.00 e. The summed E-state index contributed by atoms with van der Waals surface area (Å²) in [6, 6.07) is 138. The van der Waals surface area contributed by atoms with Gasteiger partial charge in [-0.2, -0.15) is 0 Å². The fourth-order valence-corrected chi connectivity index (χ4v) is 27.0. The van der Waals surface area contributed by atoms with E-state index in [-0.39, 0.29) is 37.2 Å². The first-order valence-corrected chi connectivity index (χ1v) is 39.2. The molecule has 1 aliphatic rings. The van der Waals surface area contributed by atoms with Gasteiger partial charge in [0.25, 0.3) is 0 Å². The molecule has 0 amide bonds. The number of halogens is 3. The second-order valence-electron chi connectivity index (χ2n) is 28.0. The normalized spacial score (nSPS) is 13.4. The molecule has 0 N–H and O–H groups in total. The van der Waals surface area contributed by atoms with E-state index < -0.39 is 13.1 Å². The largest absolute Gasteiger partial charge is 1.00 e. The summed E-state index contributed by atoms with van der Waals surface area (Å²) >= 11 is 2.55. The SMILES string of the molecule is CC1=C(C)C(C)([Si](c2c(-c3ccccc3)c(C)c(-c3ccccc3)c(-c3ccccc3)c2-c2ccccc2)(c2c(-c3ccccc3)c(C)c(-c3ccccc3)c(-c3ccccc3)c2-c2ccccc2)c2c(-c3ccccc3)c(C)c(-c3ccccc3)c(-c3ccccc3)c2-c2ccccc2)[C]([Ti+3])=C1C.[Cl-].[Cl-].[Cl-]. The molecular weight excluding hydrogens is 1410 g/mol. The molecule has 0 aromatic heterocycles. The Morgan fingerprint density at radius 3 is 0.505 bits per heavy atom. The molecule has 15 aromatic rings. The third-order valence-electron chi connectivity index (χ3n) is 22.6. The zero-order valence-electron chi connectivity index (χ0n) is 61.3. The van der Waals surface area contributed by atoms with Gasteiger partial charge in [0, 0.05) is 0 Å². The van der Waals surface area contributed by atoms with Crippen molar-refractivity contribution in [2.45, 2.75) is 53.5 Å². The van der Waals surface area contributed by atoms with Crippen LogP contribution in [0.5, 0.6) is 0 Å². The summed E-state index contributed by atoms with van der Waals surface area (Å²) in [5, 5.41) is 3.21. The first-order valence-electron chi connectivity index (χ1n) is 36.4. The van der Waals surface area contributed by atoms with Gasteiger partial charge in [0.2, 0.25) is 0 Å². The van der Waals surface area contributed by atoms with Crippen molar-refractivity contribution in [1.82, 2.24) is 0 Å². The van der Waals surface area contributed by atoms with Crippen LogP contribution < -0.4 is 52.8 Å². The van der Waals surface area contributed by atoms with Gasteiger partial charge in [-0.3, -0.25) is 0 Å². The minimum absolute atomic E-state index is 0. The van der Waals surface area contributed by atoms with Gasteiger partial charge in [-0.1, -0.05) is 0 Å². The third-order valence-corrected chi connectivity index (χ3v) is 30.3. The molecule has 16 rings (SSSR count). The summed E-state index contributed by atoms with van der Waals surface area (Å²) in [6.45, 7) is 17.6. The maximum absolute atomic E-state index is 4.76. The van der Waals surface area contributed by atoms with Crippen molar-refractivity contribution >= 4 is 23.6 Å². The van der Waals surface area contributed by atoms with Gasteiger partial charge < -0.3 is 37.2 Å². The Kier molecular flexibility index (Phi) is 22.3. The van der Waals surface area contributed by atoms with Crippen LogP contribution in [0.25, 0.3) is 134 Å². The molecule has 0 radical (unpaired) electrons. The summed E-state index contributed by atoms with van der Waals surface area (Å²) < 4.78 is 1.37. The van der Waals surface area contributed by atoms with Gasteiger partial charge >= 0.3 is 632 Å². The van der Waals surface area contributed by atoms with Crippen LogP contribution in [-0.2, 0) is 20.4 Å². The number of hydrogen-bond acceptors (Lipinski definition) is 0. The van der Waals surface area contributed by atoms with Crippen molar-refractivity contribution in [2.75, 3.05) is 0 Å². The van der Waals surface area contributed by atoms with Gasteiger partial charge in [-0.25, -0.2) is 0 Å². The second kappa shape index (κ2) is 32.0. The summed E-state index contributed by atoms with van der Waals surface area (Å²) in [7, 11) is -4.76. The number of rotatable bonds is 16. The standard InChI is InChI=1S/C102H81Si.3ClH.Ti/c1-69-68-102(7,74(6)70(69)2)103(99-90(78-50-26-11-27-51-78)71(3)87(75-44-20-8-21-45-75)93(81-56-32-14-33-57-81)96(99)84-62-38-17-39-63-84,100-91(79-52-28-12-29-53-79)72(4)88(76-46-22-9-23-47-76)94(82-58-34-15-35-59-82)97(100)85-64-40-18-41-65-85)101-92(80-54-30-13-31-55-80)73(5)89(77-48-24-10-25-49-77)95(83-60-36-16-37-61-83)98(101)86-66-42-19-43-67-86;;;;/h8-67H,1-7H3;3*1H;/q;;;;+3/p-3. The predicted octanol–water partition coefficient (Wildman–Crippen LogP) is 17.0. The molecule has 5 heteroatoms. The molecule has 0 aliphatic heterocycles. The minimum atomic E-state index is -4.76. The smallest absolute Gasteiger partial charge is 1.00 e. The summed E-state index contributed by atoms with van der Waals surface area (Å²) in [4.78, 5) is 0. The third kappa shape index (κ3) is 12.7. The maximum Gasteiger partial charge on any atom is -1.00 e. The molecular formula is C102H81Cl3SiTi. The maximum atomic E-state index is 2.76. The molecule has 0 spiro atoms. The van der Waals surface area contributed by atoms with Crippen molar-refractivity contribution in [1.29, 1.82) is 0 Å². The van der Waals surface area contributed by atoms with Crippen LogP contribution in [0.4, 0.5) is 0 Å². The Hall–Kier alpha value is -10.4. The van der Waals surface area contributed by atoms with E-state index in [2.05, 4.69) is 433 Å². The van der Waals surface area contributed by atoms with Gasteiger partial charge in [-0.05, 0) is 0 Å². The van der Waals surface area contributed by atoms with Crippen LogP contribution in [0, 0.1) is 20.8 Å². The topological polar surface area (TPSA) is 0 Å². The van der Waals surface area contributed by atoms with Crippen molar-refractivity contribution in [3.05, 3.63) is 401 Å². The summed E-state index contributed by atoms with van der Waals surface area (Å²) in [5.41, 5.74) is 36.2. The van der Waals surface area contributed by atoms with Crippen molar-refractivity contribution < 1.29 is 57.7 Å². The van der Waals surface area contributed by atoms with Crippen LogP contribution in [0.1, 0.15) is 44.4 Å². The van der Waals surface area contributed by atoms with E-state index >= 15 is 0 Å². The van der Waals surface area contributed by atoms with Crippen LogP contribution in [0.2, 0.25) is 5.04 Å². The Morgan fingerprint density at radius 2 is 0.346 bits per heavy atom. The molecule has 518 valence electrons. The molecule has 1 aliphatic carbocycles. The van der Waals surface area contributed by atoms with Gasteiger partial charge in [-0.15, -0.1) is 0 Å². The summed E-state index contributed by atoms with van der Waals surface area (Å²) in [5.74, 6) is 0. The second-order valence-corrected chi connectivity index (χ2v) is 32.8. The van der Waals surface area contributed by atoms with E-state index in [1.165, 1.54) is 120 Å². The van der Waals surface area contributed by atoms with Gasteiger partial charge in [0.15, 0.2) is 0 Å². The monoisotopic (exact) mass is 1490 g/mol. The fourth-order valence-electron chi connectivity index (χ4n) is 17.9. The van der Waals surface area contributed by atoms with Crippen LogP contribution >= 0.6 is 0 Å². The number of allylic oxidation sites excluding steroid dienone is 4. The van der Waals surface area contributed by atoms with E-state index in [9.17, 15) is 0 Å². The van der Waals surface area contributed by atoms with Crippen molar-refractivity contribution in [3.63, 3.8) is 0 Å². The first kappa shape index (κ1) is 74.8. The van der Waals surface area contributed by atoms with E-state index in [0.717, 1.165) is 66.8 Å². The molecule has 0 fully saturated rings. The molecule has 0 bridgehead atoms. The number of benzene rings is 15. The average Bonchev–Trinajstić information content (AvgIpc) is 1.64. The van der Waals surface area contributed by atoms with Crippen molar-refractivity contribution in [2.24, 2.45) is 0 Å². The Bertz CT molecular complexity index is 5170. The molecule has 0 saturated carbocycles. The predicted molar refractivity (Wildman–Crippen MR) is 443 cm³/mol. The molecule has 1 atom stereocenters. The zero-order valence-corrected chi connectivity index (χ0v) is 66.1.